The first-order chi connectivity index (χ1) is 7.74. The Hall–Kier alpha value is -0.150. The number of ether oxygens (including phenoxy) is 1. The third kappa shape index (κ3) is 2.40. The van der Waals surface area contributed by atoms with Crippen molar-refractivity contribution in [2.75, 3.05) is 19.0 Å². The summed E-state index contributed by atoms with van der Waals surface area (Å²) in [6, 6.07) is 1.92. The lowest BCUT2D eigenvalue weighted by atomic mass is 10.0. The van der Waals surface area contributed by atoms with Crippen LogP contribution < -0.4 is 10.1 Å². The van der Waals surface area contributed by atoms with E-state index in [0.717, 1.165) is 30.6 Å². The van der Waals surface area contributed by atoms with Crippen LogP contribution in [0.25, 0.3) is 0 Å². The zero-order chi connectivity index (χ0) is 11.5. The predicted molar refractivity (Wildman–Crippen MR) is 68.1 cm³/mol. The Labute approximate surface area is 110 Å². The average molecular weight is 281 g/mol. The molecule has 2 nitrogen and oxygen atoms in total. The van der Waals surface area contributed by atoms with Gasteiger partial charge in [0.2, 0.25) is 0 Å². The molecule has 1 aromatic carbocycles. The molecule has 0 bridgehead atoms. The lowest BCUT2D eigenvalue weighted by molar-refractivity contribution is 0.342. The molecule has 16 heavy (non-hydrogen) atoms. The van der Waals surface area contributed by atoms with E-state index >= 15 is 0 Å². The fourth-order valence-electron chi connectivity index (χ4n) is 1.83. The molecular weight excluding hydrogens is 268 g/mol. The standard InChI is InChI=1S/C11H12Cl3NO/c12-2-4-16-11-9(13)5-7-6-15-3-1-8(7)10(11)14/h5,15H,1-4,6H2. The molecule has 0 unspecified atom stereocenters. The maximum atomic E-state index is 6.29. The smallest absolute Gasteiger partial charge is 0.156 e. The largest absolute Gasteiger partial charge is 0.489 e. The van der Waals surface area contributed by atoms with Gasteiger partial charge in [-0.25, -0.2) is 0 Å². The highest BCUT2D eigenvalue weighted by atomic mass is 35.5. The van der Waals surface area contributed by atoms with Gasteiger partial charge in [-0.1, -0.05) is 23.2 Å². The van der Waals surface area contributed by atoms with E-state index in [1.54, 1.807) is 0 Å². The van der Waals surface area contributed by atoms with Gasteiger partial charge in [-0.15, -0.1) is 11.6 Å². The van der Waals surface area contributed by atoms with E-state index in [-0.39, 0.29) is 0 Å². The predicted octanol–water partition coefficient (Wildman–Crippen LogP) is 3.26. The van der Waals surface area contributed by atoms with Crippen molar-refractivity contribution in [2.45, 2.75) is 13.0 Å². The average Bonchev–Trinajstić information content (AvgIpc) is 2.29. The highest BCUT2D eigenvalue weighted by Crippen LogP contribution is 2.38. The Kier molecular flexibility index (Phi) is 4.20. The van der Waals surface area contributed by atoms with Crippen LogP contribution in [0.1, 0.15) is 11.1 Å². The molecule has 0 atom stereocenters. The first-order valence-corrected chi connectivity index (χ1v) is 6.42. The molecule has 0 radical (unpaired) electrons. The van der Waals surface area contributed by atoms with Crippen molar-refractivity contribution in [1.29, 1.82) is 0 Å². The second-order valence-corrected chi connectivity index (χ2v) is 4.77. The van der Waals surface area contributed by atoms with Crippen LogP contribution in [0.3, 0.4) is 0 Å². The molecule has 1 N–H and O–H groups in total. The van der Waals surface area contributed by atoms with Gasteiger partial charge in [-0.3, -0.25) is 0 Å². The minimum Gasteiger partial charge on any atom is -0.489 e. The van der Waals surface area contributed by atoms with E-state index in [2.05, 4.69) is 5.32 Å². The van der Waals surface area contributed by atoms with Crippen LogP contribution in [0.4, 0.5) is 0 Å². The highest BCUT2D eigenvalue weighted by molar-refractivity contribution is 6.37. The fraction of sp³-hybridized carbons (Fsp3) is 0.455. The van der Waals surface area contributed by atoms with Crippen molar-refractivity contribution in [2.24, 2.45) is 0 Å². The van der Waals surface area contributed by atoms with Crippen molar-refractivity contribution in [3.8, 4) is 5.75 Å². The maximum Gasteiger partial charge on any atom is 0.156 e. The van der Waals surface area contributed by atoms with Crippen LogP contribution in [0.2, 0.25) is 10.0 Å². The second-order valence-electron chi connectivity index (χ2n) is 3.60. The zero-order valence-electron chi connectivity index (χ0n) is 8.66. The first-order valence-electron chi connectivity index (χ1n) is 5.13. The number of fused-ring (bicyclic) bond motifs is 1. The van der Waals surface area contributed by atoms with E-state index in [1.165, 1.54) is 0 Å². The summed E-state index contributed by atoms with van der Waals surface area (Å²) >= 11 is 18.0. The Balaban J connectivity index is 2.37. The van der Waals surface area contributed by atoms with Crippen molar-refractivity contribution in [3.63, 3.8) is 0 Å². The number of nitrogens with one attached hydrogen (secondary N) is 1. The number of halogens is 3. The fourth-order valence-corrected chi connectivity index (χ4v) is 2.60. The molecule has 0 aliphatic carbocycles. The molecule has 0 saturated carbocycles. The van der Waals surface area contributed by atoms with Crippen LogP contribution in [0, 0.1) is 0 Å². The molecule has 1 aliphatic rings. The quantitative estimate of drug-likeness (QED) is 0.858. The topological polar surface area (TPSA) is 21.3 Å². The molecule has 88 valence electrons. The summed E-state index contributed by atoms with van der Waals surface area (Å²) in [7, 11) is 0. The van der Waals surface area contributed by atoms with Gasteiger partial charge in [0, 0.05) is 6.54 Å². The highest BCUT2D eigenvalue weighted by Gasteiger charge is 2.19. The van der Waals surface area contributed by atoms with E-state index in [0.29, 0.717) is 28.3 Å². The number of rotatable bonds is 3. The molecule has 0 aromatic heterocycles. The molecule has 2 rings (SSSR count). The van der Waals surface area contributed by atoms with Crippen LogP contribution in [0.5, 0.6) is 5.75 Å². The van der Waals surface area contributed by atoms with E-state index < -0.39 is 0 Å². The molecule has 0 saturated heterocycles. The summed E-state index contributed by atoms with van der Waals surface area (Å²) in [4.78, 5) is 0. The van der Waals surface area contributed by atoms with Gasteiger partial charge >= 0.3 is 0 Å². The van der Waals surface area contributed by atoms with Crippen molar-refractivity contribution < 1.29 is 4.74 Å². The van der Waals surface area contributed by atoms with Gasteiger partial charge < -0.3 is 10.1 Å². The summed E-state index contributed by atoms with van der Waals surface area (Å²) in [5.74, 6) is 0.982. The van der Waals surface area contributed by atoms with E-state index in [4.69, 9.17) is 39.5 Å². The zero-order valence-corrected chi connectivity index (χ0v) is 10.9. The number of alkyl halides is 1. The first kappa shape index (κ1) is 12.3. The second kappa shape index (κ2) is 5.46. The monoisotopic (exact) mass is 279 g/mol. The van der Waals surface area contributed by atoms with Crippen molar-refractivity contribution >= 4 is 34.8 Å². The number of benzene rings is 1. The third-order valence-corrected chi connectivity index (χ3v) is 3.40. The molecule has 0 amide bonds. The lowest BCUT2D eigenvalue weighted by Crippen LogP contribution is -2.24. The summed E-state index contributed by atoms with van der Waals surface area (Å²) < 4.78 is 5.47. The summed E-state index contributed by atoms with van der Waals surface area (Å²) in [5.41, 5.74) is 2.29. The minimum atomic E-state index is 0.415. The van der Waals surface area contributed by atoms with Gasteiger partial charge in [0.1, 0.15) is 6.61 Å². The molecule has 1 heterocycles. The summed E-state index contributed by atoms with van der Waals surface area (Å²) in [6.07, 6.45) is 0.905. The SMILES string of the molecule is ClCCOc1c(Cl)cc2c(c1Cl)CCNC2. The maximum absolute atomic E-state index is 6.29. The van der Waals surface area contributed by atoms with Gasteiger partial charge in [-0.2, -0.15) is 0 Å². The van der Waals surface area contributed by atoms with Crippen LogP contribution >= 0.6 is 34.8 Å². The van der Waals surface area contributed by atoms with E-state index in [1.807, 2.05) is 6.07 Å². The van der Waals surface area contributed by atoms with Gasteiger partial charge in [0.05, 0.1) is 15.9 Å². The third-order valence-electron chi connectivity index (χ3n) is 2.56. The number of hydrogen-bond donors (Lipinski definition) is 1. The minimum absolute atomic E-state index is 0.415. The van der Waals surface area contributed by atoms with Crippen LogP contribution in [-0.4, -0.2) is 19.0 Å². The molecule has 0 spiro atoms. The van der Waals surface area contributed by atoms with Gasteiger partial charge in [0.25, 0.3) is 0 Å². The molecular formula is C11H12Cl3NO. The van der Waals surface area contributed by atoms with Crippen LogP contribution in [-0.2, 0) is 13.0 Å². The molecule has 1 aliphatic heterocycles. The van der Waals surface area contributed by atoms with Gasteiger partial charge in [0.15, 0.2) is 5.75 Å². The molecule has 1 aromatic rings. The van der Waals surface area contributed by atoms with Crippen LogP contribution in [0.15, 0.2) is 6.07 Å². The van der Waals surface area contributed by atoms with Crippen molar-refractivity contribution in [1.82, 2.24) is 5.32 Å². The van der Waals surface area contributed by atoms with E-state index in [9.17, 15) is 0 Å². The van der Waals surface area contributed by atoms with Gasteiger partial charge in [-0.05, 0) is 30.2 Å². The lowest BCUT2D eigenvalue weighted by Gasteiger charge is -2.21. The number of hydrogen-bond acceptors (Lipinski definition) is 2. The summed E-state index contributed by atoms with van der Waals surface area (Å²) in [6.45, 7) is 2.16. The Morgan fingerprint density at radius 2 is 2.19 bits per heavy atom. The summed E-state index contributed by atoms with van der Waals surface area (Å²) in [5, 5.41) is 4.47. The molecule has 5 heteroatoms. The Bertz CT molecular complexity index is 395. The molecule has 0 fully saturated rings. The normalized spacial score (nSPS) is 14.7. The Morgan fingerprint density at radius 1 is 1.38 bits per heavy atom. The Morgan fingerprint density at radius 3 is 2.94 bits per heavy atom. The van der Waals surface area contributed by atoms with Crippen molar-refractivity contribution in [3.05, 3.63) is 27.2 Å².